The van der Waals surface area contributed by atoms with Crippen molar-refractivity contribution in [2.24, 2.45) is 5.10 Å². The predicted molar refractivity (Wildman–Crippen MR) is 113 cm³/mol. The van der Waals surface area contributed by atoms with Crippen LogP contribution in [0.4, 0.5) is 23.2 Å². The molecule has 2 aromatic carbocycles. The van der Waals surface area contributed by atoms with Gasteiger partial charge in [0.1, 0.15) is 11.6 Å². The quantitative estimate of drug-likeness (QED) is 0.305. The van der Waals surface area contributed by atoms with Crippen molar-refractivity contribution in [3.8, 4) is 5.75 Å². The number of anilines is 1. The average molecular weight is 441 g/mol. The van der Waals surface area contributed by atoms with Crippen LogP contribution in [0.25, 0.3) is 0 Å². The molecule has 2 aromatic rings. The maximum Gasteiger partial charge on any atom is 0.418 e. The van der Waals surface area contributed by atoms with Crippen LogP contribution in [0.3, 0.4) is 0 Å². The van der Waals surface area contributed by atoms with Crippen LogP contribution in [0.2, 0.25) is 0 Å². The zero-order chi connectivity index (χ0) is 23.3. The molecular formula is C22H27F4N3O2. The lowest BCUT2D eigenvalue weighted by Crippen LogP contribution is -2.53. The summed E-state index contributed by atoms with van der Waals surface area (Å²) in [5, 5.41) is 17.3. The number of rotatable bonds is 9. The largest absolute Gasteiger partial charge is 0.496 e. The number of para-hydroxylation sites is 1. The molecule has 2 rings (SSSR count). The Morgan fingerprint density at radius 2 is 1.81 bits per heavy atom. The van der Waals surface area contributed by atoms with E-state index in [0.29, 0.717) is 11.3 Å². The second kappa shape index (κ2) is 9.55. The van der Waals surface area contributed by atoms with Gasteiger partial charge >= 0.3 is 6.18 Å². The van der Waals surface area contributed by atoms with E-state index in [1.807, 2.05) is 0 Å². The number of halogens is 4. The van der Waals surface area contributed by atoms with Crippen molar-refractivity contribution < 1.29 is 27.4 Å². The monoisotopic (exact) mass is 441 g/mol. The highest BCUT2D eigenvalue weighted by Crippen LogP contribution is 2.43. The Morgan fingerprint density at radius 1 is 1.13 bits per heavy atom. The first kappa shape index (κ1) is 24.5. The molecule has 0 bridgehead atoms. The Bertz CT molecular complexity index is 916. The molecule has 0 spiro atoms. The van der Waals surface area contributed by atoms with E-state index >= 15 is 0 Å². The van der Waals surface area contributed by atoms with Gasteiger partial charge in [0.05, 0.1) is 19.9 Å². The van der Waals surface area contributed by atoms with Gasteiger partial charge in [-0.1, -0.05) is 32.0 Å². The third-order valence-electron chi connectivity index (χ3n) is 5.02. The molecule has 0 saturated heterocycles. The van der Waals surface area contributed by atoms with Crippen molar-refractivity contribution in [2.45, 2.75) is 37.5 Å². The molecule has 170 valence electrons. The predicted octanol–water partition coefficient (Wildman–Crippen LogP) is 4.46. The summed E-state index contributed by atoms with van der Waals surface area (Å²) in [6.45, 7) is 2.21. The number of alkyl halides is 3. The van der Waals surface area contributed by atoms with Gasteiger partial charge in [0.15, 0.2) is 5.60 Å². The molecule has 0 heterocycles. The SMILES string of the molecule is CN/N=C\c1ccccc1NCC(O)(CC(C)(C)c1cc(F)ccc1OC)C(F)(F)F. The molecule has 1 unspecified atom stereocenters. The zero-order valence-electron chi connectivity index (χ0n) is 17.8. The van der Waals surface area contributed by atoms with Crippen LogP contribution in [0.1, 0.15) is 31.4 Å². The molecule has 9 heteroatoms. The van der Waals surface area contributed by atoms with E-state index < -0.39 is 36.0 Å². The number of ether oxygens (including phenoxy) is 1. The van der Waals surface area contributed by atoms with Gasteiger partial charge in [0.2, 0.25) is 0 Å². The van der Waals surface area contributed by atoms with Gasteiger partial charge in [-0.05, 0) is 36.1 Å². The first-order valence-corrected chi connectivity index (χ1v) is 9.59. The van der Waals surface area contributed by atoms with E-state index in [1.165, 1.54) is 39.3 Å². The fourth-order valence-corrected chi connectivity index (χ4v) is 3.44. The Morgan fingerprint density at radius 3 is 2.42 bits per heavy atom. The molecule has 1 atom stereocenters. The van der Waals surface area contributed by atoms with Crippen molar-refractivity contribution in [3.63, 3.8) is 0 Å². The van der Waals surface area contributed by atoms with E-state index in [4.69, 9.17) is 4.74 Å². The summed E-state index contributed by atoms with van der Waals surface area (Å²) < 4.78 is 61.0. The van der Waals surface area contributed by atoms with Crippen LogP contribution < -0.4 is 15.5 Å². The lowest BCUT2D eigenvalue weighted by Gasteiger charge is -2.38. The second-order valence-electron chi connectivity index (χ2n) is 7.86. The summed E-state index contributed by atoms with van der Waals surface area (Å²) in [4.78, 5) is 0. The van der Waals surface area contributed by atoms with Crippen molar-refractivity contribution in [1.82, 2.24) is 5.43 Å². The first-order valence-electron chi connectivity index (χ1n) is 9.59. The summed E-state index contributed by atoms with van der Waals surface area (Å²) in [7, 11) is 2.95. The Hall–Kier alpha value is -2.81. The van der Waals surface area contributed by atoms with Gasteiger partial charge in [0.25, 0.3) is 0 Å². The fraction of sp³-hybridized carbons (Fsp3) is 0.409. The summed E-state index contributed by atoms with van der Waals surface area (Å²) in [5.41, 5.74) is -0.615. The molecule has 0 amide bonds. The van der Waals surface area contributed by atoms with Gasteiger partial charge in [0, 0.05) is 23.9 Å². The summed E-state index contributed by atoms with van der Waals surface area (Å²) >= 11 is 0. The lowest BCUT2D eigenvalue weighted by atomic mass is 9.74. The van der Waals surface area contributed by atoms with E-state index in [0.717, 1.165) is 6.07 Å². The molecule has 0 fully saturated rings. The number of hydrogen-bond donors (Lipinski definition) is 3. The van der Waals surface area contributed by atoms with Crippen molar-refractivity contribution >= 4 is 11.9 Å². The highest BCUT2D eigenvalue weighted by atomic mass is 19.4. The number of benzene rings is 2. The molecule has 0 aliphatic rings. The highest BCUT2D eigenvalue weighted by molar-refractivity contribution is 5.87. The fourth-order valence-electron chi connectivity index (χ4n) is 3.44. The first-order chi connectivity index (χ1) is 14.4. The molecular weight excluding hydrogens is 414 g/mol. The Kier molecular flexibility index (Phi) is 7.54. The minimum absolute atomic E-state index is 0.235. The number of hydrazone groups is 1. The third-order valence-corrected chi connectivity index (χ3v) is 5.02. The number of nitrogens with one attached hydrogen (secondary N) is 2. The normalized spacial score (nSPS) is 14.4. The van der Waals surface area contributed by atoms with Gasteiger partial charge < -0.3 is 20.6 Å². The molecule has 0 radical (unpaired) electrons. The van der Waals surface area contributed by atoms with Crippen molar-refractivity contribution in [2.75, 3.05) is 26.0 Å². The van der Waals surface area contributed by atoms with Crippen LogP contribution >= 0.6 is 0 Å². The lowest BCUT2D eigenvalue weighted by molar-refractivity contribution is -0.260. The molecule has 5 nitrogen and oxygen atoms in total. The summed E-state index contributed by atoms with van der Waals surface area (Å²) in [6.07, 6.45) is -4.20. The summed E-state index contributed by atoms with van der Waals surface area (Å²) in [6, 6.07) is 10.3. The van der Waals surface area contributed by atoms with Crippen LogP contribution in [-0.4, -0.2) is 43.8 Å². The van der Waals surface area contributed by atoms with Gasteiger partial charge in [-0.2, -0.15) is 18.3 Å². The maximum atomic E-state index is 14.0. The van der Waals surface area contributed by atoms with Crippen LogP contribution in [-0.2, 0) is 5.41 Å². The molecule has 0 aliphatic heterocycles. The minimum Gasteiger partial charge on any atom is -0.496 e. The smallest absolute Gasteiger partial charge is 0.418 e. The molecule has 0 aromatic heterocycles. The van der Waals surface area contributed by atoms with E-state index in [9.17, 15) is 22.7 Å². The number of hydrogen-bond acceptors (Lipinski definition) is 5. The average Bonchev–Trinajstić information content (AvgIpc) is 2.70. The molecule has 0 aliphatic carbocycles. The van der Waals surface area contributed by atoms with Gasteiger partial charge in [-0.3, -0.25) is 0 Å². The van der Waals surface area contributed by atoms with Crippen LogP contribution in [0.15, 0.2) is 47.6 Å². The maximum absolute atomic E-state index is 14.0. The number of aliphatic hydroxyl groups is 1. The van der Waals surface area contributed by atoms with E-state index in [2.05, 4.69) is 15.8 Å². The number of nitrogens with zero attached hydrogens (tertiary/aromatic N) is 1. The zero-order valence-corrected chi connectivity index (χ0v) is 17.8. The molecule has 3 N–H and O–H groups in total. The topological polar surface area (TPSA) is 65.9 Å². The van der Waals surface area contributed by atoms with Crippen molar-refractivity contribution in [1.29, 1.82) is 0 Å². The second-order valence-corrected chi connectivity index (χ2v) is 7.86. The van der Waals surface area contributed by atoms with Crippen LogP contribution in [0.5, 0.6) is 5.75 Å². The summed E-state index contributed by atoms with van der Waals surface area (Å²) in [5.74, 6) is -0.354. The van der Waals surface area contributed by atoms with Gasteiger partial charge in [-0.25, -0.2) is 4.39 Å². The highest BCUT2D eigenvalue weighted by Gasteiger charge is 2.56. The van der Waals surface area contributed by atoms with Gasteiger partial charge in [-0.15, -0.1) is 0 Å². The Labute approximate surface area is 179 Å². The van der Waals surface area contributed by atoms with E-state index in [1.54, 1.807) is 31.3 Å². The van der Waals surface area contributed by atoms with Crippen LogP contribution in [0, 0.1) is 5.82 Å². The Balaban J connectivity index is 2.36. The minimum atomic E-state index is -4.94. The molecule has 31 heavy (non-hydrogen) atoms. The standard InChI is InChI=1S/C22H27F4N3O2/c1-20(2,17-11-16(23)9-10-19(17)31-4)13-21(30,22(24,25)26)14-28-18-8-6-5-7-15(18)12-29-27-3/h5-12,27-28,30H,13-14H2,1-4H3/b29-12-. The van der Waals surface area contributed by atoms with E-state index in [-0.39, 0.29) is 11.3 Å². The third kappa shape index (κ3) is 5.88. The number of methoxy groups -OCH3 is 1. The van der Waals surface area contributed by atoms with Crippen molar-refractivity contribution in [3.05, 3.63) is 59.4 Å². The molecule has 0 saturated carbocycles.